The summed E-state index contributed by atoms with van der Waals surface area (Å²) in [6, 6.07) is 8.70. The van der Waals surface area contributed by atoms with Gasteiger partial charge in [0.2, 0.25) is 0 Å². The van der Waals surface area contributed by atoms with E-state index < -0.39 is 0 Å². The minimum atomic E-state index is 0.187. The van der Waals surface area contributed by atoms with E-state index in [0.29, 0.717) is 16.6 Å². The Balaban J connectivity index is 2.16. The predicted molar refractivity (Wildman–Crippen MR) is 86.6 cm³/mol. The van der Waals surface area contributed by atoms with Crippen LogP contribution in [0.15, 0.2) is 28.7 Å². The average Bonchev–Trinajstić information content (AvgIpc) is 2.80. The van der Waals surface area contributed by atoms with Gasteiger partial charge in [0.05, 0.1) is 6.10 Å². The molecule has 2 nitrogen and oxygen atoms in total. The molecule has 1 aliphatic rings. The standard InChI is InChI=1S/C15H22BrNOS/c1-3-13(17)15(11-5-4-6-12(16)9-11)19-14-7-8-18-10(14)2/h4-6,9-10,13-15H,3,7-8,17H2,1-2H3. The predicted octanol–water partition coefficient (Wildman–Crippen LogP) is 4.14. The second-order valence-corrected chi connectivity index (χ2v) is 7.39. The monoisotopic (exact) mass is 343 g/mol. The van der Waals surface area contributed by atoms with Gasteiger partial charge in [-0.25, -0.2) is 0 Å². The molecule has 1 aliphatic heterocycles. The first-order valence-corrected chi connectivity index (χ1v) is 8.63. The van der Waals surface area contributed by atoms with Crippen LogP contribution in [0.2, 0.25) is 0 Å². The topological polar surface area (TPSA) is 35.2 Å². The fourth-order valence-electron chi connectivity index (χ4n) is 2.40. The molecule has 1 saturated heterocycles. The zero-order chi connectivity index (χ0) is 13.8. The van der Waals surface area contributed by atoms with E-state index in [1.165, 1.54) is 5.56 Å². The summed E-state index contributed by atoms with van der Waals surface area (Å²) >= 11 is 5.54. The van der Waals surface area contributed by atoms with Crippen molar-refractivity contribution in [1.82, 2.24) is 0 Å². The molecule has 1 fully saturated rings. The van der Waals surface area contributed by atoms with Gasteiger partial charge in [-0.2, -0.15) is 0 Å². The molecule has 4 atom stereocenters. The second-order valence-electron chi connectivity index (χ2n) is 5.09. The van der Waals surface area contributed by atoms with E-state index in [1.54, 1.807) is 0 Å². The Hall–Kier alpha value is -0.0300. The number of nitrogens with two attached hydrogens (primary N) is 1. The molecular weight excluding hydrogens is 322 g/mol. The molecule has 0 spiro atoms. The van der Waals surface area contributed by atoms with Crippen LogP contribution in [0.25, 0.3) is 0 Å². The van der Waals surface area contributed by atoms with Crippen LogP contribution in [0.3, 0.4) is 0 Å². The maximum Gasteiger partial charge on any atom is 0.0666 e. The molecule has 0 amide bonds. The molecule has 4 heteroatoms. The van der Waals surface area contributed by atoms with Gasteiger partial charge in [0.25, 0.3) is 0 Å². The molecule has 1 aromatic carbocycles. The molecule has 0 radical (unpaired) electrons. The molecule has 1 heterocycles. The number of benzene rings is 1. The highest BCUT2D eigenvalue weighted by molar-refractivity contribution is 9.10. The summed E-state index contributed by atoms with van der Waals surface area (Å²) in [6.45, 7) is 5.20. The highest BCUT2D eigenvalue weighted by atomic mass is 79.9. The largest absolute Gasteiger partial charge is 0.377 e. The summed E-state index contributed by atoms with van der Waals surface area (Å²) in [4.78, 5) is 0. The Labute approximate surface area is 128 Å². The molecule has 1 aromatic rings. The fourth-order valence-corrected chi connectivity index (χ4v) is 4.43. The van der Waals surface area contributed by atoms with Crippen LogP contribution >= 0.6 is 27.7 Å². The van der Waals surface area contributed by atoms with Crippen molar-refractivity contribution in [2.24, 2.45) is 5.73 Å². The van der Waals surface area contributed by atoms with E-state index in [2.05, 4.69) is 54.0 Å². The lowest BCUT2D eigenvalue weighted by molar-refractivity contribution is 0.127. The normalized spacial score (nSPS) is 26.3. The minimum Gasteiger partial charge on any atom is -0.377 e. The summed E-state index contributed by atoms with van der Waals surface area (Å²) in [5.74, 6) is 0. The fraction of sp³-hybridized carbons (Fsp3) is 0.600. The van der Waals surface area contributed by atoms with Crippen LogP contribution in [-0.2, 0) is 4.74 Å². The maximum absolute atomic E-state index is 6.35. The number of thioether (sulfide) groups is 1. The van der Waals surface area contributed by atoms with Crippen molar-refractivity contribution < 1.29 is 4.74 Å². The minimum absolute atomic E-state index is 0.187. The summed E-state index contributed by atoms with van der Waals surface area (Å²) < 4.78 is 6.79. The quantitative estimate of drug-likeness (QED) is 0.872. The third kappa shape index (κ3) is 3.97. The number of rotatable bonds is 5. The first kappa shape index (κ1) is 15.4. The van der Waals surface area contributed by atoms with Gasteiger partial charge in [-0.3, -0.25) is 0 Å². The van der Waals surface area contributed by atoms with Gasteiger partial charge in [0, 0.05) is 27.6 Å². The van der Waals surface area contributed by atoms with Crippen LogP contribution in [0, 0.1) is 0 Å². The van der Waals surface area contributed by atoms with E-state index in [-0.39, 0.29) is 6.04 Å². The summed E-state index contributed by atoms with van der Waals surface area (Å²) in [7, 11) is 0. The van der Waals surface area contributed by atoms with Crippen LogP contribution in [0.5, 0.6) is 0 Å². The van der Waals surface area contributed by atoms with Crippen molar-refractivity contribution in [3.05, 3.63) is 34.3 Å². The molecule has 2 rings (SSSR count). The summed E-state index contributed by atoms with van der Waals surface area (Å²) in [5.41, 5.74) is 7.66. The third-order valence-corrected chi connectivity index (χ3v) is 6.04. The van der Waals surface area contributed by atoms with Crippen LogP contribution < -0.4 is 5.73 Å². The van der Waals surface area contributed by atoms with Crippen molar-refractivity contribution in [3.8, 4) is 0 Å². The Bertz CT molecular complexity index is 415. The number of hydrogen-bond acceptors (Lipinski definition) is 3. The Morgan fingerprint density at radius 1 is 1.53 bits per heavy atom. The molecule has 0 saturated carbocycles. The van der Waals surface area contributed by atoms with Crippen molar-refractivity contribution in [1.29, 1.82) is 0 Å². The highest BCUT2D eigenvalue weighted by Crippen LogP contribution is 2.40. The Morgan fingerprint density at radius 3 is 2.89 bits per heavy atom. The Morgan fingerprint density at radius 2 is 2.32 bits per heavy atom. The number of hydrogen-bond donors (Lipinski definition) is 1. The molecule has 4 unspecified atom stereocenters. The second kappa shape index (κ2) is 7.11. The Kier molecular flexibility index (Phi) is 5.75. The SMILES string of the molecule is CCC(N)C(SC1CCOC1C)c1cccc(Br)c1. The number of ether oxygens (including phenoxy) is 1. The van der Waals surface area contributed by atoms with Crippen LogP contribution in [0.1, 0.15) is 37.5 Å². The first-order chi connectivity index (χ1) is 9.11. The van der Waals surface area contributed by atoms with E-state index in [0.717, 1.165) is 23.9 Å². The van der Waals surface area contributed by atoms with E-state index in [4.69, 9.17) is 10.5 Å². The zero-order valence-corrected chi connectivity index (χ0v) is 13.9. The third-order valence-electron chi connectivity index (χ3n) is 3.67. The van der Waals surface area contributed by atoms with Crippen LogP contribution in [0.4, 0.5) is 0 Å². The van der Waals surface area contributed by atoms with E-state index in [9.17, 15) is 0 Å². The van der Waals surface area contributed by atoms with Gasteiger partial charge in [-0.1, -0.05) is 35.0 Å². The molecule has 19 heavy (non-hydrogen) atoms. The smallest absolute Gasteiger partial charge is 0.0666 e. The van der Waals surface area contributed by atoms with Crippen molar-refractivity contribution in [2.75, 3.05) is 6.61 Å². The average molecular weight is 344 g/mol. The zero-order valence-electron chi connectivity index (χ0n) is 11.5. The van der Waals surface area contributed by atoms with Crippen molar-refractivity contribution >= 4 is 27.7 Å². The van der Waals surface area contributed by atoms with Crippen LogP contribution in [-0.4, -0.2) is 24.0 Å². The summed E-state index contributed by atoms with van der Waals surface area (Å²) in [5, 5.41) is 0.901. The van der Waals surface area contributed by atoms with Crippen molar-refractivity contribution in [3.63, 3.8) is 0 Å². The van der Waals surface area contributed by atoms with E-state index in [1.807, 2.05) is 11.8 Å². The van der Waals surface area contributed by atoms with Gasteiger partial charge in [-0.05, 0) is 37.5 Å². The molecule has 2 N–H and O–H groups in total. The molecule has 0 bridgehead atoms. The van der Waals surface area contributed by atoms with E-state index >= 15 is 0 Å². The molecular formula is C15H22BrNOS. The lowest BCUT2D eigenvalue weighted by Gasteiger charge is -2.27. The molecule has 0 aromatic heterocycles. The van der Waals surface area contributed by atoms with Gasteiger partial charge in [0.15, 0.2) is 0 Å². The van der Waals surface area contributed by atoms with Gasteiger partial charge in [0.1, 0.15) is 0 Å². The summed E-state index contributed by atoms with van der Waals surface area (Å²) in [6.07, 6.45) is 2.46. The lowest BCUT2D eigenvalue weighted by atomic mass is 10.0. The highest BCUT2D eigenvalue weighted by Gasteiger charge is 2.30. The maximum atomic E-state index is 6.35. The first-order valence-electron chi connectivity index (χ1n) is 6.90. The lowest BCUT2D eigenvalue weighted by Crippen LogP contribution is -2.28. The number of halogens is 1. The van der Waals surface area contributed by atoms with Gasteiger partial charge in [-0.15, -0.1) is 11.8 Å². The van der Waals surface area contributed by atoms with Gasteiger partial charge >= 0.3 is 0 Å². The van der Waals surface area contributed by atoms with Crippen molar-refractivity contribution in [2.45, 2.75) is 49.3 Å². The molecule has 0 aliphatic carbocycles. The van der Waals surface area contributed by atoms with Gasteiger partial charge < -0.3 is 10.5 Å². The molecule has 106 valence electrons.